The summed E-state index contributed by atoms with van der Waals surface area (Å²) in [4.78, 5) is 19.3. The minimum atomic E-state index is -0.400. The number of aryl methyl sites for hydroxylation is 1. The van der Waals surface area contributed by atoms with E-state index < -0.39 is 6.10 Å². The second kappa shape index (κ2) is 5.87. The second-order valence-corrected chi connectivity index (χ2v) is 7.32. The van der Waals surface area contributed by atoms with Gasteiger partial charge in [0, 0.05) is 24.5 Å². The Morgan fingerprint density at radius 2 is 2.33 bits per heavy atom. The van der Waals surface area contributed by atoms with Gasteiger partial charge in [0.2, 0.25) is 0 Å². The van der Waals surface area contributed by atoms with Crippen LogP contribution in [-0.2, 0) is 0 Å². The van der Waals surface area contributed by atoms with E-state index in [4.69, 9.17) is 0 Å². The van der Waals surface area contributed by atoms with E-state index in [1.807, 2.05) is 23.8 Å². The van der Waals surface area contributed by atoms with E-state index in [0.29, 0.717) is 17.3 Å². The Labute approximate surface area is 132 Å². The van der Waals surface area contributed by atoms with Crippen LogP contribution in [0.25, 0.3) is 10.6 Å². The van der Waals surface area contributed by atoms with Crippen molar-refractivity contribution >= 4 is 28.6 Å². The Morgan fingerprint density at radius 1 is 1.57 bits per heavy atom. The number of thiophene rings is 1. The topological polar surface area (TPSA) is 53.4 Å². The predicted molar refractivity (Wildman–Crippen MR) is 85.9 cm³/mol. The number of hydrogen-bond acceptors (Lipinski definition) is 5. The van der Waals surface area contributed by atoms with Crippen molar-refractivity contribution in [3.05, 3.63) is 27.4 Å². The average Bonchev–Trinajstić information content (AvgIpc) is 3.03. The molecule has 2 aromatic rings. The first-order valence-electron chi connectivity index (χ1n) is 6.99. The third kappa shape index (κ3) is 3.17. The summed E-state index contributed by atoms with van der Waals surface area (Å²) in [6.07, 6.45) is 1.75. The molecule has 1 atom stereocenters. The Kier molecular flexibility index (Phi) is 4.10. The zero-order chi connectivity index (χ0) is 15.0. The van der Waals surface area contributed by atoms with E-state index in [1.54, 1.807) is 23.3 Å². The molecule has 1 aliphatic rings. The van der Waals surface area contributed by atoms with Crippen LogP contribution in [-0.4, -0.2) is 40.6 Å². The molecule has 112 valence electrons. The number of nitrogens with zero attached hydrogens (tertiary/aromatic N) is 2. The fourth-order valence-electron chi connectivity index (χ4n) is 2.27. The van der Waals surface area contributed by atoms with Crippen LogP contribution in [0.5, 0.6) is 0 Å². The van der Waals surface area contributed by atoms with Crippen LogP contribution >= 0.6 is 22.7 Å². The molecule has 2 heterocycles. The number of amides is 1. The van der Waals surface area contributed by atoms with Crippen molar-refractivity contribution in [2.45, 2.75) is 25.9 Å². The van der Waals surface area contributed by atoms with Gasteiger partial charge in [-0.2, -0.15) is 11.3 Å². The number of aliphatic hydroxyl groups excluding tert-OH is 1. The number of carbonyl (C=O) groups excluding carboxylic acids is 1. The molecule has 0 saturated heterocycles. The third-order valence-corrected chi connectivity index (χ3v) is 5.61. The third-order valence-electron chi connectivity index (χ3n) is 3.73. The molecule has 1 amide bonds. The molecule has 0 aliphatic heterocycles. The lowest BCUT2D eigenvalue weighted by molar-refractivity contribution is 0.0649. The van der Waals surface area contributed by atoms with Gasteiger partial charge in [-0.1, -0.05) is 0 Å². The summed E-state index contributed by atoms with van der Waals surface area (Å²) in [7, 11) is 1.75. The summed E-state index contributed by atoms with van der Waals surface area (Å²) in [5.74, 6) is 0.329. The van der Waals surface area contributed by atoms with E-state index in [1.165, 1.54) is 11.3 Å². The Bertz CT molecular complexity index is 632. The van der Waals surface area contributed by atoms with Crippen molar-refractivity contribution in [1.82, 2.24) is 9.88 Å². The zero-order valence-corrected chi connectivity index (χ0v) is 13.7. The van der Waals surface area contributed by atoms with E-state index in [9.17, 15) is 9.90 Å². The van der Waals surface area contributed by atoms with Crippen LogP contribution in [0.15, 0.2) is 16.8 Å². The maximum absolute atomic E-state index is 12.5. The zero-order valence-electron chi connectivity index (χ0n) is 12.1. The van der Waals surface area contributed by atoms with Gasteiger partial charge in [0.25, 0.3) is 5.91 Å². The Balaban J connectivity index is 1.74. The molecule has 1 N–H and O–H groups in total. The van der Waals surface area contributed by atoms with Gasteiger partial charge in [-0.25, -0.2) is 4.98 Å². The molecule has 1 unspecified atom stereocenters. The predicted octanol–water partition coefficient (Wildman–Crippen LogP) is 3.02. The Hall–Kier alpha value is -1.24. The average molecular weight is 322 g/mol. The van der Waals surface area contributed by atoms with Gasteiger partial charge in [0.1, 0.15) is 9.88 Å². The van der Waals surface area contributed by atoms with Crippen LogP contribution in [0.1, 0.15) is 28.2 Å². The number of carbonyl (C=O) groups is 1. The quantitative estimate of drug-likeness (QED) is 0.920. The summed E-state index contributed by atoms with van der Waals surface area (Å²) in [6, 6.07) is 2.01. The highest BCUT2D eigenvalue weighted by Crippen LogP contribution is 2.33. The molecule has 0 aromatic carbocycles. The minimum Gasteiger partial charge on any atom is -0.391 e. The number of aromatic nitrogens is 1. The van der Waals surface area contributed by atoms with Crippen LogP contribution in [0.4, 0.5) is 0 Å². The fraction of sp³-hybridized carbons (Fsp3) is 0.467. The molecule has 4 nitrogen and oxygen atoms in total. The van der Waals surface area contributed by atoms with Crippen molar-refractivity contribution in [1.29, 1.82) is 0 Å². The normalized spacial score (nSPS) is 16.0. The van der Waals surface area contributed by atoms with E-state index in [-0.39, 0.29) is 5.91 Å². The monoisotopic (exact) mass is 322 g/mol. The molecule has 0 radical (unpaired) electrons. The molecule has 3 rings (SSSR count). The molecule has 0 spiro atoms. The molecule has 0 bridgehead atoms. The first-order valence-corrected chi connectivity index (χ1v) is 8.75. The molecule has 1 saturated carbocycles. The first kappa shape index (κ1) is 14.7. The standard InChI is InChI=1S/C15H18N2O2S2/c1-9-13(21-14(16-9)11-5-6-20-8-11)15(19)17(2)7-12(18)10-3-4-10/h5-6,8,10,12,18H,3-4,7H2,1-2H3. The van der Waals surface area contributed by atoms with E-state index in [0.717, 1.165) is 29.1 Å². The number of thiazole rings is 1. The van der Waals surface area contributed by atoms with Crippen LogP contribution < -0.4 is 0 Å². The fourth-order valence-corrected chi connectivity index (χ4v) is 4.04. The maximum Gasteiger partial charge on any atom is 0.265 e. The number of rotatable bonds is 5. The minimum absolute atomic E-state index is 0.0498. The van der Waals surface area contributed by atoms with E-state index >= 15 is 0 Å². The summed E-state index contributed by atoms with van der Waals surface area (Å²) < 4.78 is 0. The highest BCUT2D eigenvalue weighted by Gasteiger charge is 2.31. The summed E-state index contributed by atoms with van der Waals surface area (Å²) in [5, 5.41) is 14.9. The van der Waals surface area contributed by atoms with Gasteiger partial charge in [-0.15, -0.1) is 11.3 Å². The number of hydrogen-bond donors (Lipinski definition) is 1. The highest BCUT2D eigenvalue weighted by molar-refractivity contribution is 7.17. The van der Waals surface area contributed by atoms with Gasteiger partial charge >= 0.3 is 0 Å². The van der Waals surface area contributed by atoms with Gasteiger partial charge in [-0.3, -0.25) is 4.79 Å². The SMILES string of the molecule is Cc1nc(-c2ccsc2)sc1C(=O)N(C)CC(O)C1CC1. The van der Waals surface area contributed by atoms with Crippen LogP contribution in [0.2, 0.25) is 0 Å². The maximum atomic E-state index is 12.5. The smallest absolute Gasteiger partial charge is 0.265 e. The summed E-state index contributed by atoms with van der Waals surface area (Å²) in [6.45, 7) is 2.26. The van der Waals surface area contributed by atoms with Crippen molar-refractivity contribution in [2.24, 2.45) is 5.92 Å². The van der Waals surface area contributed by atoms with Crippen molar-refractivity contribution in [2.75, 3.05) is 13.6 Å². The summed E-state index contributed by atoms with van der Waals surface area (Å²) in [5.41, 5.74) is 1.83. The molecular formula is C15H18N2O2S2. The molecule has 1 fully saturated rings. The van der Waals surface area contributed by atoms with Crippen molar-refractivity contribution < 1.29 is 9.90 Å². The van der Waals surface area contributed by atoms with Crippen molar-refractivity contribution in [3.8, 4) is 10.6 Å². The van der Waals surface area contributed by atoms with Gasteiger partial charge in [0.15, 0.2) is 0 Å². The molecule has 6 heteroatoms. The Morgan fingerprint density at radius 3 is 2.95 bits per heavy atom. The molecule has 21 heavy (non-hydrogen) atoms. The molecule has 2 aromatic heterocycles. The first-order chi connectivity index (χ1) is 10.1. The summed E-state index contributed by atoms with van der Waals surface area (Å²) >= 11 is 3.05. The van der Waals surface area contributed by atoms with Gasteiger partial charge < -0.3 is 10.0 Å². The van der Waals surface area contributed by atoms with Gasteiger partial charge in [0.05, 0.1) is 11.8 Å². The lowest BCUT2D eigenvalue weighted by atomic mass is 10.2. The van der Waals surface area contributed by atoms with Gasteiger partial charge in [-0.05, 0) is 37.1 Å². The van der Waals surface area contributed by atoms with Crippen LogP contribution in [0, 0.1) is 12.8 Å². The lowest BCUT2D eigenvalue weighted by Gasteiger charge is -2.20. The van der Waals surface area contributed by atoms with Crippen molar-refractivity contribution in [3.63, 3.8) is 0 Å². The second-order valence-electron chi connectivity index (χ2n) is 5.54. The largest absolute Gasteiger partial charge is 0.391 e. The highest BCUT2D eigenvalue weighted by atomic mass is 32.1. The lowest BCUT2D eigenvalue weighted by Crippen LogP contribution is -2.35. The number of likely N-dealkylation sites (N-methyl/N-ethyl adjacent to an activating group) is 1. The van der Waals surface area contributed by atoms with Crippen LogP contribution in [0.3, 0.4) is 0 Å². The number of aliphatic hydroxyl groups is 1. The molecule has 1 aliphatic carbocycles. The van der Waals surface area contributed by atoms with E-state index in [2.05, 4.69) is 4.98 Å². The molecular weight excluding hydrogens is 304 g/mol.